The minimum absolute atomic E-state index is 0.129. The van der Waals surface area contributed by atoms with E-state index in [1.165, 1.54) is 0 Å². The van der Waals surface area contributed by atoms with E-state index in [-0.39, 0.29) is 12.1 Å². The molecule has 1 unspecified atom stereocenters. The summed E-state index contributed by atoms with van der Waals surface area (Å²) in [6.07, 6.45) is -0.683. The van der Waals surface area contributed by atoms with Crippen molar-refractivity contribution < 1.29 is 14.5 Å². The summed E-state index contributed by atoms with van der Waals surface area (Å²) >= 11 is 0. The van der Waals surface area contributed by atoms with Gasteiger partial charge in [-0.3, -0.25) is 0 Å². The van der Waals surface area contributed by atoms with E-state index >= 15 is 0 Å². The molecule has 0 amide bonds. The Hall–Kier alpha value is 0.00987. The Morgan fingerprint density at radius 2 is 2.00 bits per heavy atom. The molecule has 0 aromatic heterocycles. The maximum atomic E-state index is 9.19. The van der Waals surface area contributed by atoms with Gasteiger partial charge in [0, 0.05) is 6.00 Å². The van der Waals surface area contributed by atoms with E-state index in [9.17, 15) is 5.11 Å². The zero-order valence-corrected chi connectivity index (χ0v) is 7.70. The van der Waals surface area contributed by atoms with Crippen LogP contribution in [-0.4, -0.2) is 45.8 Å². The fourth-order valence-electron chi connectivity index (χ4n) is 0.806. The van der Waals surface area contributed by atoms with Crippen molar-refractivity contribution in [2.75, 3.05) is 6.61 Å². The molecule has 0 aliphatic carbocycles. The lowest BCUT2D eigenvalue weighted by atomic mass is 10.0. The predicted octanol–water partition coefficient (Wildman–Crippen LogP) is -1.70. The van der Waals surface area contributed by atoms with Crippen LogP contribution in [0.4, 0.5) is 0 Å². The summed E-state index contributed by atoms with van der Waals surface area (Å²) in [4.78, 5) is 0. The maximum Gasteiger partial charge on any atom is 0.257 e. The summed E-state index contributed by atoms with van der Waals surface area (Å²) < 4.78 is 10.3. The van der Waals surface area contributed by atoms with E-state index in [0.717, 1.165) is 0 Å². The van der Waals surface area contributed by atoms with Gasteiger partial charge in [0.25, 0.3) is 8.05 Å². The first-order valence-corrected chi connectivity index (χ1v) is 3.90. The zero-order chi connectivity index (χ0) is 8.85. The summed E-state index contributed by atoms with van der Waals surface area (Å²) in [5, 5.41) is 9.19. The van der Waals surface area contributed by atoms with Gasteiger partial charge in [0.15, 0.2) is 0 Å². The van der Waals surface area contributed by atoms with E-state index in [2.05, 4.69) is 0 Å². The highest BCUT2D eigenvalue weighted by Gasteiger charge is 2.15. The molecule has 0 saturated heterocycles. The van der Waals surface area contributed by atoms with Gasteiger partial charge < -0.3 is 14.5 Å². The molecule has 0 aromatic carbocycles. The van der Waals surface area contributed by atoms with Gasteiger partial charge >= 0.3 is 0 Å². The molecule has 3 atom stereocenters. The van der Waals surface area contributed by atoms with Crippen molar-refractivity contribution in [3.05, 3.63) is 0 Å². The fourth-order valence-corrected chi connectivity index (χ4v) is 0.806. The van der Waals surface area contributed by atoms with Gasteiger partial charge in [-0.15, -0.1) is 0 Å². The molecule has 5 heteroatoms. The highest BCUT2D eigenvalue weighted by atomic mass is 16.5. The minimum Gasteiger partial charge on any atom is -0.441 e. The molecule has 0 heterocycles. The van der Waals surface area contributed by atoms with E-state index in [1.54, 1.807) is 15.0 Å². The number of ether oxygens (including phenoxy) is 1. The van der Waals surface area contributed by atoms with Crippen LogP contribution < -0.4 is 0 Å². The molecular formula is C6H16B2O3. The van der Waals surface area contributed by atoms with Crippen molar-refractivity contribution in [3.8, 4) is 0 Å². The van der Waals surface area contributed by atoms with Crippen molar-refractivity contribution >= 4 is 15.9 Å². The Morgan fingerprint density at radius 3 is 2.27 bits per heavy atom. The summed E-state index contributed by atoms with van der Waals surface area (Å²) in [6, 6.07) is 0.129. The second kappa shape index (κ2) is 5.63. The van der Waals surface area contributed by atoms with Crippen molar-refractivity contribution in [1.82, 2.24) is 0 Å². The van der Waals surface area contributed by atoms with Gasteiger partial charge in [-0.05, 0) is 13.8 Å². The first-order valence-electron chi connectivity index (χ1n) is 3.90. The van der Waals surface area contributed by atoms with E-state index in [0.29, 0.717) is 6.61 Å². The van der Waals surface area contributed by atoms with Crippen LogP contribution in [-0.2, 0) is 9.39 Å². The van der Waals surface area contributed by atoms with E-state index < -0.39 is 6.10 Å². The molecule has 64 valence electrons. The summed E-state index contributed by atoms with van der Waals surface area (Å²) in [7, 11) is 3.53. The third-order valence-corrected chi connectivity index (χ3v) is 1.32. The van der Waals surface area contributed by atoms with Crippen LogP contribution in [0.5, 0.6) is 0 Å². The molecular weight excluding hydrogens is 142 g/mol. The molecule has 11 heavy (non-hydrogen) atoms. The summed E-state index contributed by atoms with van der Waals surface area (Å²) in [5.74, 6) is 0. The van der Waals surface area contributed by atoms with Crippen molar-refractivity contribution in [2.45, 2.75) is 32.1 Å². The molecule has 0 bridgehead atoms. The molecule has 0 aromatic rings. The third-order valence-electron chi connectivity index (χ3n) is 1.32. The SMILES string of the molecule is BOCC(O[C@@H](B)C)[C@@H](C)O. The topological polar surface area (TPSA) is 38.7 Å². The van der Waals surface area contributed by atoms with Crippen LogP contribution in [0.25, 0.3) is 0 Å². The monoisotopic (exact) mass is 158 g/mol. The Balaban J connectivity index is 3.69. The Kier molecular flexibility index (Phi) is 5.64. The Morgan fingerprint density at radius 1 is 1.45 bits per heavy atom. The second-order valence-electron chi connectivity index (χ2n) is 2.92. The molecule has 0 saturated carbocycles. The van der Waals surface area contributed by atoms with Crippen LogP contribution in [0.15, 0.2) is 0 Å². The number of aliphatic hydroxyl groups is 1. The molecule has 0 aliphatic heterocycles. The molecule has 0 rings (SSSR count). The van der Waals surface area contributed by atoms with Crippen molar-refractivity contribution in [2.24, 2.45) is 0 Å². The third kappa shape index (κ3) is 5.30. The molecule has 0 aliphatic rings. The minimum atomic E-state index is -0.475. The highest BCUT2D eigenvalue weighted by molar-refractivity contribution is 6.10. The van der Waals surface area contributed by atoms with Crippen molar-refractivity contribution in [3.63, 3.8) is 0 Å². The molecule has 0 spiro atoms. The highest BCUT2D eigenvalue weighted by Crippen LogP contribution is 2.01. The van der Waals surface area contributed by atoms with Gasteiger partial charge in [-0.1, -0.05) is 0 Å². The average Bonchev–Trinajstić information content (AvgIpc) is 1.86. The first-order chi connectivity index (χ1) is 5.07. The molecule has 0 fully saturated rings. The summed E-state index contributed by atoms with van der Waals surface area (Å²) in [5.41, 5.74) is 0. The van der Waals surface area contributed by atoms with E-state index in [4.69, 9.17) is 9.39 Å². The van der Waals surface area contributed by atoms with Crippen LogP contribution >= 0.6 is 0 Å². The van der Waals surface area contributed by atoms with Crippen LogP contribution in [0.3, 0.4) is 0 Å². The van der Waals surface area contributed by atoms with Gasteiger partial charge in [-0.2, -0.15) is 0 Å². The summed E-state index contributed by atoms with van der Waals surface area (Å²) in [6.45, 7) is 4.08. The quantitative estimate of drug-likeness (QED) is 0.484. The number of rotatable bonds is 5. The first kappa shape index (κ1) is 11.0. The predicted molar refractivity (Wildman–Crippen MR) is 49.1 cm³/mol. The van der Waals surface area contributed by atoms with Crippen LogP contribution in [0.1, 0.15) is 13.8 Å². The molecule has 3 nitrogen and oxygen atoms in total. The van der Waals surface area contributed by atoms with Crippen molar-refractivity contribution in [1.29, 1.82) is 0 Å². The van der Waals surface area contributed by atoms with Gasteiger partial charge in [-0.25, -0.2) is 0 Å². The fraction of sp³-hybridized carbons (Fsp3) is 1.00. The Bertz CT molecular complexity index is 97.8. The average molecular weight is 158 g/mol. The normalized spacial score (nSPS) is 19.2. The van der Waals surface area contributed by atoms with E-state index in [1.807, 2.05) is 14.8 Å². The van der Waals surface area contributed by atoms with Crippen LogP contribution in [0, 0.1) is 0 Å². The van der Waals surface area contributed by atoms with Crippen LogP contribution in [0.2, 0.25) is 0 Å². The largest absolute Gasteiger partial charge is 0.441 e. The lowest BCUT2D eigenvalue weighted by Gasteiger charge is -2.22. The van der Waals surface area contributed by atoms with Gasteiger partial charge in [0.2, 0.25) is 0 Å². The maximum absolute atomic E-state index is 9.19. The number of hydrogen-bond donors (Lipinski definition) is 1. The lowest BCUT2D eigenvalue weighted by Crippen LogP contribution is -2.34. The zero-order valence-electron chi connectivity index (χ0n) is 7.70. The lowest BCUT2D eigenvalue weighted by molar-refractivity contribution is -0.0579. The second-order valence-corrected chi connectivity index (χ2v) is 2.92. The van der Waals surface area contributed by atoms with Gasteiger partial charge in [0.1, 0.15) is 14.0 Å². The number of aliphatic hydroxyl groups excluding tert-OH is 1. The molecule has 1 N–H and O–H groups in total. The Labute approximate surface area is 69.9 Å². The smallest absolute Gasteiger partial charge is 0.257 e. The standard InChI is InChI=1S/C6H16B2O3/c1-4(9)6(3-10-8)11-5(2)7/h4-6,9H,3,7-8H2,1-2H3/t4-,5-,6?/m1/s1. The van der Waals surface area contributed by atoms with Gasteiger partial charge in [0.05, 0.1) is 12.7 Å². The number of hydrogen-bond acceptors (Lipinski definition) is 3. The molecule has 0 radical (unpaired) electrons.